The van der Waals surface area contributed by atoms with Gasteiger partial charge in [-0.1, -0.05) is 18.2 Å². The van der Waals surface area contributed by atoms with Crippen molar-refractivity contribution in [2.75, 3.05) is 25.5 Å². The molecule has 1 saturated heterocycles. The van der Waals surface area contributed by atoms with Gasteiger partial charge in [0.05, 0.1) is 12.6 Å². The van der Waals surface area contributed by atoms with Crippen LogP contribution in [0.25, 0.3) is 16.7 Å². The molecular formula is C33H37FN2O4. The Hall–Kier alpha value is -4.00. The lowest BCUT2D eigenvalue weighted by atomic mass is 9.85. The normalized spacial score (nSPS) is 15.9. The first-order valence-corrected chi connectivity index (χ1v) is 13.8. The molecule has 0 unspecified atom stereocenters. The highest BCUT2D eigenvalue weighted by Gasteiger charge is 2.27. The highest BCUT2D eigenvalue weighted by Crippen LogP contribution is 2.43. The van der Waals surface area contributed by atoms with E-state index in [9.17, 15) is 9.18 Å². The van der Waals surface area contributed by atoms with Crippen LogP contribution in [-0.4, -0.2) is 36.7 Å². The first-order chi connectivity index (χ1) is 19.1. The molecule has 1 amide bonds. The van der Waals surface area contributed by atoms with Gasteiger partial charge in [-0.2, -0.15) is 0 Å². The second-order valence-electron chi connectivity index (χ2n) is 11.2. The number of piperidine rings is 1. The molecule has 0 aromatic heterocycles. The summed E-state index contributed by atoms with van der Waals surface area (Å²) in [5.74, 6) is 1.17. The molecule has 3 aromatic rings. The van der Waals surface area contributed by atoms with Crippen molar-refractivity contribution < 1.29 is 23.4 Å². The largest absolute Gasteiger partial charge is 0.496 e. The lowest BCUT2D eigenvalue weighted by Crippen LogP contribution is -2.37. The summed E-state index contributed by atoms with van der Waals surface area (Å²) in [4.78, 5) is 14.5. The zero-order valence-corrected chi connectivity index (χ0v) is 23.9. The second-order valence-corrected chi connectivity index (χ2v) is 11.2. The number of ether oxygens (including phenoxy) is 3. The average molecular weight is 545 g/mol. The number of benzene rings is 3. The van der Waals surface area contributed by atoms with Gasteiger partial charge in [-0.3, -0.25) is 0 Å². The third-order valence-electron chi connectivity index (χ3n) is 7.55. The van der Waals surface area contributed by atoms with Crippen LogP contribution in [0.15, 0.2) is 54.6 Å². The standard InChI is InChI=1S/C33H37FN2O4/c1-21-9-10-23(34)17-29(21)39-20-27-25(13-14-28-31(27)22(2)19-33(3,4)35-28)26-12-11-24(18-30(26)38-5)40-32(37)36-15-7-6-8-16-36/h9-14,17-19,35H,6-8,15-16,20H2,1-5H3. The molecule has 2 heterocycles. The van der Waals surface area contributed by atoms with Crippen LogP contribution in [0.4, 0.5) is 14.9 Å². The van der Waals surface area contributed by atoms with E-state index in [1.165, 1.54) is 12.1 Å². The molecule has 0 bridgehead atoms. The van der Waals surface area contributed by atoms with E-state index in [2.05, 4.69) is 44.3 Å². The molecule has 2 aliphatic rings. The summed E-state index contributed by atoms with van der Waals surface area (Å²) in [5.41, 5.74) is 6.56. The highest BCUT2D eigenvalue weighted by molar-refractivity contribution is 5.88. The molecule has 0 atom stereocenters. The molecule has 0 saturated carbocycles. The molecular weight excluding hydrogens is 507 g/mol. The first kappa shape index (κ1) is 27.6. The van der Waals surface area contributed by atoms with Crippen molar-refractivity contribution in [3.63, 3.8) is 0 Å². The minimum absolute atomic E-state index is 0.201. The number of carbonyl (C=O) groups is 1. The predicted octanol–water partition coefficient (Wildman–Crippen LogP) is 7.98. The molecule has 0 radical (unpaired) electrons. The van der Waals surface area contributed by atoms with Gasteiger partial charge >= 0.3 is 6.09 Å². The SMILES string of the molecule is COc1cc(OC(=O)N2CCCCC2)ccc1-c1ccc2c(c1COc1cc(F)ccc1C)C(C)=CC(C)(C)N2. The van der Waals surface area contributed by atoms with E-state index in [1.54, 1.807) is 30.2 Å². The number of carbonyl (C=O) groups excluding carboxylic acids is 1. The molecule has 5 rings (SSSR count). The molecule has 2 aliphatic heterocycles. The number of hydrogen-bond donors (Lipinski definition) is 1. The summed E-state index contributed by atoms with van der Waals surface area (Å²) < 4.78 is 31.8. The maximum Gasteiger partial charge on any atom is 0.415 e. The molecule has 210 valence electrons. The number of aryl methyl sites for hydroxylation is 1. The van der Waals surface area contributed by atoms with Crippen molar-refractivity contribution in [3.8, 4) is 28.4 Å². The van der Waals surface area contributed by atoms with E-state index in [0.29, 0.717) is 17.2 Å². The number of amides is 1. The van der Waals surface area contributed by atoms with Crippen LogP contribution in [0.5, 0.6) is 17.2 Å². The molecule has 6 nitrogen and oxygen atoms in total. The zero-order chi connectivity index (χ0) is 28.4. The Morgan fingerprint density at radius 1 is 0.975 bits per heavy atom. The van der Waals surface area contributed by atoms with E-state index >= 15 is 0 Å². The topological polar surface area (TPSA) is 60.0 Å². The lowest BCUT2D eigenvalue weighted by Gasteiger charge is -2.33. The Balaban J connectivity index is 1.53. The Morgan fingerprint density at radius 2 is 1.73 bits per heavy atom. The van der Waals surface area contributed by atoms with Gasteiger partial charge in [0.2, 0.25) is 0 Å². The maximum atomic E-state index is 14.0. The van der Waals surface area contributed by atoms with Crippen molar-refractivity contribution in [1.82, 2.24) is 4.90 Å². The molecule has 40 heavy (non-hydrogen) atoms. The van der Waals surface area contributed by atoms with Crippen molar-refractivity contribution in [3.05, 3.63) is 77.1 Å². The number of methoxy groups -OCH3 is 1. The number of allylic oxidation sites excluding steroid dienone is 1. The summed E-state index contributed by atoms with van der Waals surface area (Å²) in [6.45, 7) is 9.93. The number of rotatable bonds is 6. The van der Waals surface area contributed by atoms with Gasteiger partial charge in [0.15, 0.2) is 0 Å². The summed E-state index contributed by atoms with van der Waals surface area (Å²) in [6.07, 6.45) is 5.00. The van der Waals surface area contributed by atoms with Gasteiger partial charge < -0.3 is 24.4 Å². The third kappa shape index (κ3) is 5.79. The van der Waals surface area contributed by atoms with E-state index in [0.717, 1.165) is 71.4 Å². The first-order valence-electron chi connectivity index (χ1n) is 13.8. The Morgan fingerprint density at radius 3 is 2.48 bits per heavy atom. The van der Waals surface area contributed by atoms with Crippen molar-refractivity contribution in [2.24, 2.45) is 0 Å². The number of nitrogens with zero attached hydrogens (tertiary/aromatic N) is 1. The summed E-state index contributed by atoms with van der Waals surface area (Å²) in [5, 5.41) is 3.61. The van der Waals surface area contributed by atoms with Crippen LogP contribution in [0.3, 0.4) is 0 Å². The molecule has 1 fully saturated rings. The number of nitrogens with one attached hydrogen (secondary N) is 1. The fourth-order valence-electron chi connectivity index (χ4n) is 5.68. The quantitative estimate of drug-likeness (QED) is 0.341. The molecule has 3 aromatic carbocycles. The summed E-state index contributed by atoms with van der Waals surface area (Å²) in [6, 6.07) is 14.1. The number of hydrogen-bond acceptors (Lipinski definition) is 5. The zero-order valence-electron chi connectivity index (χ0n) is 23.9. The number of fused-ring (bicyclic) bond motifs is 1. The van der Waals surface area contributed by atoms with Gasteiger partial charge in [-0.15, -0.1) is 0 Å². The highest BCUT2D eigenvalue weighted by atomic mass is 19.1. The minimum atomic E-state index is -0.341. The van der Waals surface area contributed by atoms with Crippen LogP contribution in [-0.2, 0) is 6.61 Å². The van der Waals surface area contributed by atoms with Crippen LogP contribution >= 0.6 is 0 Å². The molecule has 0 aliphatic carbocycles. The van der Waals surface area contributed by atoms with Gasteiger partial charge in [0, 0.05) is 47.6 Å². The third-order valence-corrected chi connectivity index (χ3v) is 7.55. The molecule has 1 N–H and O–H groups in total. The average Bonchev–Trinajstić information content (AvgIpc) is 2.93. The molecule has 7 heteroatoms. The Kier molecular flexibility index (Phi) is 7.74. The van der Waals surface area contributed by atoms with Gasteiger partial charge in [-0.25, -0.2) is 9.18 Å². The van der Waals surface area contributed by atoms with Gasteiger partial charge in [0.25, 0.3) is 0 Å². The van der Waals surface area contributed by atoms with Crippen molar-refractivity contribution in [1.29, 1.82) is 0 Å². The van der Waals surface area contributed by atoms with E-state index < -0.39 is 0 Å². The predicted molar refractivity (Wildman–Crippen MR) is 157 cm³/mol. The fraction of sp³-hybridized carbons (Fsp3) is 0.364. The summed E-state index contributed by atoms with van der Waals surface area (Å²) >= 11 is 0. The van der Waals surface area contributed by atoms with Gasteiger partial charge in [-0.05, 0) is 87.9 Å². The Labute approximate surface area is 235 Å². The fourth-order valence-corrected chi connectivity index (χ4v) is 5.68. The number of anilines is 1. The second kappa shape index (κ2) is 11.2. The number of likely N-dealkylation sites (tertiary alicyclic amines) is 1. The monoisotopic (exact) mass is 544 g/mol. The van der Waals surface area contributed by atoms with Crippen LogP contribution in [0.1, 0.15) is 56.7 Å². The lowest BCUT2D eigenvalue weighted by molar-refractivity contribution is 0.142. The maximum absolute atomic E-state index is 14.0. The van der Waals surface area contributed by atoms with E-state index in [4.69, 9.17) is 14.2 Å². The van der Waals surface area contributed by atoms with E-state index in [-0.39, 0.29) is 24.1 Å². The smallest absolute Gasteiger partial charge is 0.415 e. The van der Waals surface area contributed by atoms with Crippen LogP contribution in [0.2, 0.25) is 0 Å². The van der Waals surface area contributed by atoms with E-state index in [1.807, 2.05) is 13.0 Å². The van der Waals surface area contributed by atoms with Crippen LogP contribution in [0, 0.1) is 12.7 Å². The number of halogens is 1. The molecule has 0 spiro atoms. The minimum Gasteiger partial charge on any atom is -0.496 e. The Bertz CT molecular complexity index is 1460. The van der Waals surface area contributed by atoms with Crippen LogP contribution < -0.4 is 19.5 Å². The van der Waals surface area contributed by atoms with Gasteiger partial charge in [0.1, 0.15) is 29.7 Å². The van der Waals surface area contributed by atoms with Crippen molar-refractivity contribution in [2.45, 2.75) is 59.1 Å². The summed E-state index contributed by atoms with van der Waals surface area (Å²) in [7, 11) is 1.61. The van der Waals surface area contributed by atoms with Crippen molar-refractivity contribution >= 4 is 17.4 Å².